The smallest absolute Gasteiger partial charge is 0.245 e. The van der Waals surface area contributed by atoms with E-state index in [4.69, 9.17) is 0 Å². The van der Waals surface area contributed by atoms with Gasteiger partial charge in [-0.25, -0.2) is 8.42 Å². The fraction of sp³-hybridized carbons (Fsp3) is 0.643. The summed E-state index contributed by atoms with van der Waals surface area (Å²) in [4.78, 5) is 12.4. The van der Waals surface area contributed by atoms with Gasteiger partial charge in [-0.15, -0.1) is 0 Å². The van der Waals surface area contributed by atoms with Gasteiger partial charge in [0.05, 0.1) is 11.2 Å². The van der Waals surface area contributed by atoms with E-state index in [9.17, 15) is 23.4 Å². The molecule has 0 aliphatic heterocycles. The minimum absolute atomic E-state index is 0.0153. The van der Waals surface area contributed by atoms with Crippen molar-refractivity contribution in [2.75, 3.05) is 5.75 Å². The normalized spacial score (nSPS) is 31.0. The number of aromatic hydroxyl groups is 2. The summed E-state index contributed by atoms with van der Waals surface area (Å²) < 4.78 is 25.7. The van der Waals surface area contributed by atoms with Crippen LogP contribution in [0, 0.1) is 16.7 Å². The molecule has 0 radical (unpaired) electrons. The summed E-state index contributed by atoms with van der Waals surface area (Å²) in [6.45, 7) is 3.89. The highest BCUT2D eigenvalue weighted by Crippen LogP contribution is 2.64. The molecule has 2 N–H and O–H groups in total. The summed E-state index contributed by atoms with van der Waals surface area (Å²) in [6.07, 6.45) is 1.82. The van der Waals surface area contributed by atoms with Crippen LogP contribution in [0.5, 0.6) is 11.8 Å². The summed E-state index contributed by atoms with van der Waals surface area (Å²) >= 11 is 0. The number of Topliss-reactive ketones (excluding diaryl/α,β-unsaturated/α-hetero) is 1. The minimum atomic E-state index is -4.01. The van der Waals surface area contributed by atoms with Gasteiger partial charge in [0.25, 0.3) is 0 Å². The zero-order valence-electron chi connectivity index (χ0n) is 12.0. The Morgan fingerprint density at radius 3 is 2.29 bits per heavy atom. The Kier molecular flexibility index (Phi) is 2.77. The lowest BCUT2D eigenvalue weighted by molar-refractivity contribution is -0.128. The third kappa shape index (κ3) is 1.70. The van der Waals surface area contributed by atoms with Crippen molar-refractivity contribution >= 4 is 15.8 Å². The van der Waals surface area contributed by atoms with E-state index >= 15 is 0 Å². The van der Waals surface area contributed by atoms with Gasteiger partial charge in [0.2, 0.25) is 21.8 Å². The largest absolute Gasteiger partial charge is 0.494 e. The van der Waals surface area contributed by atoms with E-state index < -0.39 is 27.2 Å². The molecule has 2 fully saturated rings. The Hall–Kier alpha value is -1.50. The molecule has 2 saturated carbocycles. The molecule has 1 aromatic rings. The van der Waals surface area contributed by atoms with E-state index in [1.807, 2.05) is 13.8 Å². The molecule has 1 aromatic heterocycles. The molecule has 0 spiro atoms. The zero-order valence-corrected chi connectivity index (χ0v) is 12.9. The third-order valence-corrected chi connectivity index (χ3v) is 7.43. The van der Waals surface area contributed by atoms with Crippen molar-refractivity contribution in [3.8, 4) is 11.8 Å². The number of hydrogen-bond donors (Lipinski definition) is 2. The lowest BCUT2D eigenvalue weighted by Gasteiger charge is -2.36. The summed E-state index contributed by atoms with van der Waals surface area (Å²) in [5.41, 5.74) is -1.30. The predicted octanol–water partition coefficient (Wildman–Crippen LogP) is 1.47. The van der Waals surface area contributed by atoms with Gasteiger partial charge in [0.15, 0.2) is 0 Å². The van der Waals surface area contributed by atoms with Crippen molar-refractivity contribution in [2.24, 2.45) is 16.7 Å². The van der Waals surface area contributed by atoms with Crippen LogP contribution in [0.2, 0.25) is 0 Å². The number of nitrogens with zero attached hydrogens (tertiary/aromatic N) is 1. The average molecular weight is 313 g/mol. The van der Waals surface area contributed by atoms with Crippen LogP contribution in [-0.2, 0) is 14.8 Å². The fourth-order valence-corrected chi connectivity index (χ4v) is 6.29. The van der Waals surface area contributed by atoms with Crippen LogP contribution in [0.15, 0.2) is 12.1 Å². The van der Waals surface area contributed by atoms with Gasteiger partial charge in [-0.05, 0) is 24.2 Å². The number of carbonyl (C=O) groups excluding carboxylic acids is 1. The van der Waals surface area contributed by atoms with Gasteiger partial charge in [-0.1, -0.05) is 13.8 Å². The van der Waals surface area contributed by atoms with Gasteiger partial charge >= 0.3 is 0 Å². The summed E-state index contributed by atoms with van der Waals surface area (Å²) in [5.74, 6) is -1.26. The first-order valence-electron chi connectivity index (χ1n) is 6.98. The number of rotatable bonds is 3. The van der Waals surface area contributed by atoms with Crippen molar-refractivity contribution < 1.29 is 23.4 Å². The van der Waals surface area contributed by atoms with Crippen LogP contribution in [-0.4, -0.2) is 34.1 Å². The topological polar surface area (TPSA) is 96.6 Å². The number of fused-ring (bicyclic) bond motifs is 2. The standard InChI is InChI=1S/C14H19NO5S/c1-13(2)9-5-6-14(13,10(16)7-9)8-21(19,20)15-11(17)3-4-12(15)18/h3-4,9,17-18H,5-8H2,1-2H3. The van der Waals surface area contributed by atoms with Gasteiger partial charge in [-0.3, -0.25) is 4.79 Å². The van der Waals surface area contributed by atoms with Crippen LogP contribution in [0.1, 0.15) is 33.1 Å². The van der Waals surface area contributed by atoms with Crippen molar-refractivity contribution in [3.63, 3.8) is 0 Å². The maximum Gasteiger partial charge on any atom is 0.245 e. The lowest BCUT2D eigenvalue weighted by Crippen LogP contribution is -2.43. The van der Waals surface area contributed by atoms with Gasteiger partial charge in [-0.2, -0.15) is 3.97 Å². The molecule has 2 aliphatic rings. The highest BCUT2D eigenvalue weighted by molar-refractivity contribution is 7.90. The van der Waals surface area contributed by atoms with E-state index in [0.29, 0.717) is 16.8 Å². The van der Waals surface area contributed by atoms with E-state index in [-0.39, 0.29) is 22.9 Å². The molecule has 0 aromatic carbocycles. The Morgan fingerprint density at radius 2 is 1.86 bits per heavy atom. The predicted molar refractivity (Wildman–Crippen MR) is 75.5 cm³/mol. The second-order valence-electron chi connectivity index (χ2n) is 6.74. The average Bonchev–Trinajstić information content (AvgIpc) is 2.87. The van der Waals surface area contributed by atoms with Crippen molar-refractivity contribution in [1.82, 2.24) is 3.97 Å². The first kappa shape index (κ1) is 14.4. The Morgan fingerprint density at radius 1 is 1.29 bits per heavy atom. The van der Waals surface area contributed by atoms with Crippen LogP contribution < -0.4 is 0 Å². The Balaban J connectivity index is 2.06. The molecule has 6 nitrogen and oxygen atoms in total. The Labute approximate surface area is 123 Å². The SMILES string of the molecule is CC1(C)C2CCC1(CS(=O)(=O)n1c(O)ccc1O)C(=O)C2. The molecule has 2 aliphatic carbocycles. The Bertz CT molecular complexity index is 698. The summed E-state index contributed by atoms with van der Waals surface area (Å²) in [5, 5.41) is 19.3. The number of hydrogen-bond acceptors (Lipinski definition) is 5. The van der Waals surface area contributed by atoms with Crippen molar-refractivity contribution in [3.05, 3.63) is 12.1 Å². The molecular formula is C14H19NO5S. The summed E-state index contributed by atoms with van der Waals surface area (Å²) in [6, 6.07) is 2.23. The summed E-state index contributed by atoms with van der Waals surface area (Å²) in [7, 11) is -4.01. The van der Waals surface area contributed by atoms with Gasteiger partial charge in [0, 0.05) is 18.6 Å². The lowest BCUT2D eigenvalue weighted by atomic mass is 9.70. The van der Waals surface area contributed by atoms with Crippen LogP contribution in [0.4, 0.5) is 0 Å². The van der Waals surface area contributed by atoms with Crippen LogP contribution >= 0.6 is 0 Å². The first-order valence-corrected chi connectivity index (χ1v) is 8.59. The highest BCUT2D eigenvalue weighted by atomic mass is 32.2. The van der Waals surface area contributed by atoms with Crippen LogP contribution in [0.25, 0.3) is 0 Å². The van der Waals surface area contributed by atoms with E-state index in [1.165, 1.54) is 0 Å². The molecule has 7 heteroatoms. The molecule has 116 valence electrons. The monoisotopic (exact) mass is 313 g/mol. The molecule has 1 heterocycles. The maximum atomic E-state index is 12.6. The van der Waals surface area contributed by atoms with Crippen molar-refractivity contribution in [2.45, 2.75) is 33.1 Å². The second kappa shape index (κ2) is 4.03. The molecule has 2 bridgehead atoms. The molecular weight excluding hydrogens is 294 g/mol. The highest BCUT2D eigenvalue weighted by Gasteiger charge is 2.65. The van der Waals surface area contributed by atoms with E-state index in [2.05, 4.69) is 0 Å². The number of carbonyl (C=O) groups is 1. The zero-order chi connectivity index (χ0) is 15.6. The second-order valence-corrected chi connectivity index (χ2v) is 8.55. The molecule has 2 unspecified atom stereocenters. The maximum absolute atomic E-state index is 12.6. The van der Waals surface area contributed by atoms with Gasteiger partial charge in [0.1, 0.15) is 5.78 Å². The fourth-order valence-electron chi connectivity index (χ4n) is 4.17. The van der Waals surface area contributed by atoms with E-state index in [0.717, 1.165) is 18.6 Å². The molecule has 3 rings (SSSR count). The minimum Gasteiger partial charge on any atom is -0.494 e. The van der Waals surface area contributed by atoms with E-state index in [1.54, 1.807) is 0 Å². The first-order chi connectivity index (χ1) is 9.62. The van der Waals surface area contributed by atoms with Crippen LogP contribution in [0.3, 0.4) is 0 Å². The molecule has 21 heavy (non-hydrogen) atoms. The quantitative estimate of drug-likeness (QED) is 0.881. The van der Waals surface area contributed by atoms with Crippen molar-refractivity contribution in [1.29, 1.82) is 0 Å². The molecule has 0 saturated heterocycles. The third-order valence-electron chi connectivity index (χ3n) is 5.64. The number of ketones is 1. The van der Waals surface area contributed by atoms with Gasteiger partial charge < -0.3 is 10.2 Å². The molecule has 2 atom stereocenters. The molecule has 0 amide bonds. The number of aromatic nitrogens is 1.